The molecule has 0 amide bonds. The van der Waals surface area contributed by atoms with Gasteiger partial charge in [0, 0.05) is 0 Å². The van der Waals surface area contributed by atoms with Crippen LogP contribution >= 0.6 is 0 Å². The van der Waals surface area contributed by atoms with Crippen molar-refractivity contribution < 1.29 is 53.0 Å². The molecule has 2 N–H and O–H groups in total. The lowest BCUT2D eigenvalue weighted by Crippen LogP contribution is -2.23. The number of rotatable bonds is 14. The van der Waals surface area contributed by atoms with Crippen LogP contribution in [-0.2, 0) is 47.2 Å². The van der Waals surface area contributed by atoms with Gasteiger partial charge in [0.05, 0.1) is 47.2 Å². The molecule has 0 fully saturated rings. The molecule has 2 aromatic rings. The first-order chi connectivity index (χ1) is 20.2. The van der Waals surface area contributed by atoms with Crippen LogP contribution < -0.4 is 9.13 Å². The molecule has 2 atom stereocenters. The molecule has 0 aliphatic heterocycles. The Labute approximate surface area is 258 Å². The average Bonchev–Trinajstić information content (AvgIpc) is 3.49. The Kier molecular flexibility index (Phi) is 22.3. The van der Waals surface area contributed by atoms with E-state index in [1.54, 1.807) is 0 Å². The summed E-state index contributed by atoms with van der Waals surface area (Å²) >= 11 is 0. The molecule has 0 radical (unpaired) electrons. The number of hydrogen-bond acceptors (Lipinski definition) is 6. The third kappa shape index (κ3) is 24.2. The number of nitrogens with one attached hydrogen (secondary N) is 2. The SMILES string of the molecule is CCCCCCCCn1cc[n+](C)c1.CCCCCCCCn1cc[n+](C)c1.N=S(=O)([O-])C(F)(F)F.N=S(=O)([O-])C(F)(F)F. The van der Waals surface area contributed by atoms with E-state index in [1.165, 1.54) is 90.1 Å². The zero-order chi connectivity index (χ0) is 34.5. The lowest BCUT2D eigenvalue weighted by atomic mass is 10.1. The molecule has 18 heteroatoms. The van der Waals surface area contributed by atoms with Crippen molar-refractivity contribution in [1.29, 1.82) is 9.56 Å². The minimum atomic E-state index is -5.59. The van der Waals surface area contributed by atoms with Gasteiger partial charge in [-0.1, -0.05) is 65.2 Å². The van der Waals surface area contributed by atoms with E-state index >= 15 is 0 Å². The lowest BCUT2D eigenvalue weighted by Gasteiger charge is -2.12. The van der Waals surface area contributed by atoms with Crippen molar-refractivity contribution in [3.05, 3.63) is 37.4 Å². The van der Waals surface area contributed by atoms with Gasteiger partial charge in [-0.25, -0.2) is 18.3 Å². The summed E-state index contributed by atoms with van der Waals surface area (Å²) in [6, 6.07) is 0. The molecule has 2 rings (SSSR count). The van der Waals surface area contributed by atoms with Crippen molar-refractivity contribution in [2.45, 2.75) is 115 Å². The smallest absolute Gasteiger partial charge is 0.466 e. The highest BCUT2D eigenvalue weighted by Crippen LogP contribution is 2.21. The Balaban J connectivity index is 0. The molecule has 0 spiro atoms. The summed E-state index contributed by atoms with van der Waals surface area (Å²) in [5.74, 6) is 0. The van der Waals surface area contributed by atoms with Gasteiger partial charge in [0.2, 0.25) is 12.7 Å². The van der Waals surface area contributed by atoms with E-state index in [-0.39, 0.29) is 0 Å². The summed E-state index contributed by atoms with van der Waals surface area (Å²) < 4.78 is 121. The van der Waals surface area contributed by atoms with Crippen LogP contribution in [0.25, 0.3) is 0 Å². The molecule has 0 aliphatic carbocycles. The summed E-state index contributed by atoms with van der Waals surface area (Å²) in [7, 11) is -7.05. The summed E-state index contributed by atoms with van der Waals surface area (Å²) in [4.78, 5) is 0. The molecular weight excluding hydrogens is 638 g/mol. The van der Waals surface area contributed by atoms with Crippen LogP contribution in [0.2, 0.25) is 0 Å². The second-order valence-electron chi connectivity index (χ2n) is 10.1. The van der Waals surface area contributed by atoms with Crippen LogP contribution in [0, 0.1) is 9.56 Å². The number of aromatic nitrogens is 4. The zero-order valence-corrected chi connectivity index (χ0v) is 27.5. The van der Waals surface area contributed by atoms with Gasteiger partial charge < -0.3 is 9.11 Å². The Morgan fingerprint density at radius 3 is 1.07 bits per heavy atom. The topological polar surface area (TPSA) is 146 Å². The van der Waals surface area contributed by atoms with Crippen molar-refractivity contribution in [3.63, 3.8) is 0 Å². The maximum Gasteiger partial charge on any atom is 0.466 e. The van der Waals surface area contributed by atoms with E-state index in [1.807, 2.05) is 0 Å². The molecule has 10 nitrogen and oxygen atoms in total. The number of nitrogens with zero attached hydrogens (tertiary/aromatic N) is 4. The first kappa shape index (κ1) is 43.9. The van der Waals surface area contributed by atoms with Crippen molar-refractivity contribution >= 4 is 20.0 Å². The molecule has 2 aromatic heterocycles. The van der Waals surface area contributed by atoms with E-state index in [0.717, 1.165) is 0 Å². The normalized spacial score (nSPS) is 14.1. The largest absolute Gasteiger partial charge is 0.758 e. The van der Waals surface area contributed by atoms with Gasteiger partial charge in [-0.15, -0.1) is 0 Å². The van der Waals surface area contributed by atoms with Gasteiger partial charge in [0.25, 0.3) is 0 Å². The van der Waals surface area contributed by atoms with E-state index < -0.39 is 31.0 Å². The standard InChI is InChI=1S/2C12H23N2.2CH2F3NO2S/c2*1-3-4-5-6-7-8-9-14-11-10-13(2)12-14;2*2-1(3,4)8(5,6)7/h2*10-12H,3-9H2,1-2H3;2*(H2,5,6,7)/q2*+1;;/p-2. The van der Waals surface area contributed by atoms with Gasteiger partial charge in [0.15, 0.2) is 0 Å². The third-order valence-corrected chi connectivity index (χ3v) is 7.02. The molecule has 260 valence electrons. The monoisotopic (exact) mass is 686 g/mol. The number of hydrogen-bond donors (Lipinski definition) is 2. The van der Waals surface area contributed by atoms with Gasteiger partial charge in [-0.3, -0.25) is 18.0 Å². The molecule has 44 heavy (non-hydrogen) atoms. The van der Waals surface area contributed by atoms with Crippen LogP contribution in [0.1, 0.15) is 90.9 Å². The minimum Gasteiger partial charge on any atom is -0.758 e. The van der Waals surface area contributed by atoms with Crippen LogP contribution in [0.15, 0.2) is 37.4 Å². The highest BCUT2D eigenvalue weighted by molar-refractivity contribution is 7.87. The first-order valence-corrected chi connectivity index (χ1v) is 17.3. The number of aryl methyl sites for hydroxylation is 4. The molecule has 0 saturated carbocycles. The Morgan fingerprint density at radius 2 is 0.864 bits per heavy atom. The second-order valence-corrected chi connectivity index (χ2v) is 13.0. The number of unbranched alkanes of at least 4 members (excludes halogenated alkanes) is 10. The quantitative estimate of drug-likeness (QED) is 0.129. The zero-order valence-electron chi connectivity index (χ0n) is 25.9. The Morgan fingerprint density at radius 1 is 0.614 bits per heavy atom. The number of halogens is 6. The molecule has 0 aromatic carbocycles. The minimum absolute atomic E-state index is 1.17. The van der Waals surface area contributed by atoms with Crippen LogP contribution in [0.3, 0.4) is 0 Å². The lowest BCUT2D eigenvalue weighted by molar-refractivity contribution is -0.671. The second kappa shape index (κ2) is 22.3. The van der Waals surface area contributed by atoms with E-state index in [9.17, 15) is 43.9 Å². The number of imidazole rings is 2. The first-order valence-electron chi connectivity index (χ1n) is 14.3. The van der Waals surface area contributed by atoms with E-state index in [4.69, 9.17) is 9.56 Å². The Hall–Kier alpha value is -2.18. The van der Waals surface area contributed by atoms with E-state index in [0.29, 0.717) is 0 Å². The van der Waals surface area contributed by atoms with Crippen molar-refractivity contribution in [1.82, 2.24) is 9.13 Å². The van der Waals surface area contributed by atoms with E-state index in [2.05, 4.69) is 83.7 Å². The molecular formula is C26H48F6N6O4S2. The van der Waals surface area contributed by atoms with Gasteiger partial charge in [-0.2, -0.15) is 26.3 Å². The summed E-state index contributed by atoms with van der Waals surface area (Å²) in [6.45, 7) is 6.87. The maximum atomic E-state index is 10.8. The van der Waals surface area contributed by atoms with Crippen molar-refractivity contribution in [2.24, 2.45) is 14.1 Å². The van der Waals surface area contributed by atoms with Crippen LogP contribution in [0.4, 0.5) is 26.3 Å². The molecule has 0 saturated heterocycles. The molecule has 0 aliphatic rings. The Bertz CT molecular complexity index is 1120. The molecule has 0 bridgehead atoms. The average molecular weight is 687 g/mol. The predicted octanol–water partition coefficient (Wildman–Crippen LogP) is 6.71. The summed E-state index contributed by atoms with van der Waals surface area (Å²) in [5.41, 5.74) is -10.8. The number of alkyl halides is 6. The predicted molar refractivity (Wildman–Crippen MR) is 153 cm³/mol. The van der Waals surface area contributed by atoms with Crippen molar-refractivity contribution in [3.8, 4) is 0 Å². The fourth-order valence-corrected chi connectivity index (χ4v) is 3.42. The van der Waals surface area contributed by atoms with Gasteiger partial charge >= 0.3 is 11.0 Å². The molecule has 2 unspecified atom stereocenters. The third-order valence-electron chi connectivity index (χ3n) is 5.80. The van der Waals surface area contributed by atoms with Crippen molar-refractivity contribution in [2.75, 3.05) is 0 Å². The van der Waals surface area contributed by atoms with Gasteiger partial charge in [0.1, 0.15) is 24.8 Å². The van der Waals surface area contributed by atoms with Crippen LogP contribution in [0.5, 0.6) is 0 Å². The summed E-state index contributed by atoms with van der Waals surface area (Å²) in [6.07, 6.45) is 29.3. The summed E-state index contributed by atoms with van der Waals surface area (Å²) in [5, 5.41) is 0. The maximum absolute atomic E-state index is 10.8. The highest BCUT2D eigenvalue weighted by Gasteiger charge is 2.34. The fraction of sp³-hybridized carbons (Fsp3) is 0.769. The van der Waals surface area contributed by atoms with Crippen LogP contribution in [-0.4, -0.2) is 37.7 Å². The highest BCUT2D eigenvalue weighted by atomic mass is 32.2. The fourth-order valence-electron chi connectivity index (χ4n) is 3.42. The van der Waals surface area contributed by atoms with Gasteiger partial charge in [-0.05, 0) is 25.7 Å². The molecule has 2 heterocycles.